The number of para-hydroxylation sites is 1. The van der Waals surface area contributed by atoms with Gasteiger partial charge in [0.2, 0.25) is 0 Å². The van der Waals surface area contributed by atoms with Crippen LogP contribution in [0.3, 0.4) is 0 Å². The molecule has 1 unspecified atom stereocenters. The molecule has 0 bridgehead atoms. The predicted molar refractivity (Wildman–Crippen MR) is 135 cm³/mol. The summed E-state index contributed by atoms with van der Waals surface area (Å²) in [6, 6.07) is 11.6. The number of carbonyl (C=O) groups is 1. The van der Waals surface area contributed by atoms with E-state index in [-0.39, 0.29) is 16.5 Å². The maximum Gasteiger partial charge on any atom is 0.261 e. The molecule has 3 aromatic rings. The number of halogens is 2. The summed E-state index contributed by atoms with van der Waals surface area (Å²) in [5.41, 5.74) is 0.766. The maximum absolute atomic E-state index is 13.7. The Kier molecular flexibility index (Phi) is 9.47. The number of benzene rings is 2. The highest BCUT2D eigenvalue weighted by Crippen LogP contribution is 2.29. The van der Waals surface area contributed by atoms with Gasteiger partial charge in [-0.1, -0.05) is 42.3 Å². The number of aromatic nitrogens is 2. The molecule has 0 saturated heterocycles. The number of hydrogen-bond donors (Lipinski definition) is 0. The number of nitrogens with zero attached hydrogens (tertiary/aromatic N) is 3. The average molecular weight is 506 g/mol. The van der Waals surface area contributed by atoms with Gasteiger partial charge in [-0.2, -0.15) is 0 Å². The molecule has 9 heteroatoms. The van der Waals surface area contributed by atoms with Crippen LogP contribution >= 0.6 is 23.2 Å². The summed E-state index contributed by atoms with van der Waals surface area (Å²) in [6.45, 7) is 3.50. The molecule has 1 amide bonds. The average Bonchev–Trinajstić information content (AvgIpc) is 2.83. The van der Waals surface area contributed by atoms with Crippen LogP contribution in [0.4, 0.5) is 0 Å². The second-order valence-electron chi connectivity index (χ2n) is 7.83. The van der Waals surface area contributed by atoms with Crippen molar-refractivity contribution in [3.8, 4) is 0 Å². The Hall–Kier alpha value is -2.45. The third-order valence-corrected chi connectivity index (χ3v) is 6.19. The number of hydrogen-bond acceptors (Lipinski definition) is 5. The van der Waals surface area contributed by atoms with E-state index in [1.165, 1.54) is 0 Å². The minimum atomic E-state index is -0.467. The summed E-state index contributed by atoms with van der Waals surface area (Å²) in [4.78, 5) is 33.7. The molecule has 1 heterocycles. The first kappa shape index (κ1) is 26.2. The summed E-state index contributed by atoms with van der Waals surface area (Å²) in [6.07, 6.45) is 1.15. The Morgan fingerprint density at radius 3 is 2.53 bits per heavy atom. The second kappa shape index (κ2) is 12.3. The van der Waals surface area contributed by atoms with Crippen LogP contribution < -0.4 is 5.56 Å². The van der Waals surface area contributed by atoms with Gasteiger partial charge in [0.15, 0.2) is 0 Å². The first-order chi connectivity index (χ1) is 16.4. The largest absolute Gasteiger partial charge is 0.385 e. The van der Waals surface area contributed by atoms with Crippen LogP contribution in [0, 0.1) is 0 Å². The van der Waals surface area contributed by atoms with Gasteiger partial charge in [0.1, 0.15) is 5.82 Å². The highest BCUT2D eigenvalue weighted by molar-refractivity contribution is 6.36. The zero-order valence-corrected chi connectivity index (χ0v) is 21.1. The van der Waals surface area contributed by atoms with Crippen molar-refractivity contribution in [2.75, 3.05) is 34.0 Å². The van der Waals surface area contributed by atoms with Gasteiger partial charge in [0, 0.05) is 32.4 Å². The van der Waals surface area contributed by atoms with Crippen molar-refractivity contribution in [1.29, 1.82) is 0 Å². The van der Waals surface area contributed by atoms with Gasteiger partial charge in [-0.3, -0.25) is 14.2 Å². The highest BCUT2D eigenvalue weighted by atomic mass is 35.5. The number of fused-ring (bicyclic) bond motifs is 1. The molecule has 2 aromatic carbocycles. The van der Waals surface area contributed by atoms with Crippen molar-refractivity contribution < 1.29 is 14.3 Å². The van der Waals surface area contributed by atoms with E-state index in [0.717, 1.165) is 0 Å². The first-order valence-electron chi connectivity index (χ1n) is 11.2. The lowest BCUT2D eigenvalue weighted by atomic mass is 10.1. The monoisotopic (exact) mass is 505 g/mol. The van der Waals surface area contributed by atoms with E-state index in [9.17, 15) is 9.59 Å². The van der Waals surface area contributed by atoms with E-state index < -0.39 is 6.04 Å². The van der Waals surface area contributed by atoms with Crippen molar-refractivity contribution in [2.45, 2.75) is 32.4 Å². The van der Waals surface area contributed by atoms with E-state index in [4.69, 9.17) is 37.7 Å². The molecule has 7 nitrogen and oxygen atoms in total. The maximum atomic E-state index is 13.7. The quantitative estimate of drug-likeness (QED) is 0.343. The third kappa shape index (κ3) is 5.78. The molecule has 182 valence electrons. The number of ether oxygens (including phenoxy) is 2. The topological polar surface area (TPSA) is 73.7 Å². The fourth-order valence-corrected chi connectivity index (χ4v) is 4.47. The molecule has 0 spiro atoms. The number of methoxy groups -OCH3 is 2. The third-order valence-electron chi connectivity index (χ3n) is 5.64. The van der Waals surface area contributed by atoms with E-state index in [2.05, 4.69) is 0 Å². The van der Waals surface area contributed by atoms with Crippen LogP contribution in [-0.4, -0.2) is 54.3 Å². The van der Waals surface area contributed by atoms with Crippen LogP contribution in [0.1, 0.15) is 42.0 Å². The van der Waals surface area contributed by atoms with E-state index in [1.807, 2.05) is 19.1 Å². The summed E-state index contributed by atoms with van der Waals surface area (Å²) in [5, 5.41) is 1.24. The fraction of sp³-hybridized carbons (Fsp3) is 0.400. The molecule has 0 saturated carbocycles. The Morgan fingerprint density at radius 1 is 1.12 bits per heavy atom. The van der Waals surface area contributed by atoms with Crippen LogP contribution in [0.5, 0.6) is 0 Å². The summed E-state index contributed by atoms with van der Waals surface area (Å²) in [5.74, 6) is 0.254. The minimum Gasteiger partial charge on any atom is -0.385 e. The van der Waals surface area contributed by atoms with Gasteiger partial charge in [0.25, 0.3) is 11.5 Å². The van der Waals surface area contributed by atoms with Gasteiger partial charge >= 0.3 is 0 Å². The van der Waals surface area contributed by atoms with Crippen LogP contribution in [0.2, 0.25) is 10.0 Å². The van der Waals surface area contributed by atoms with Crippen LogP contribution in [0.25, 0.3) is 10.9 Å². The first-order valence-corrected chi connectivity index (χ1v) is 11.9. The summed E-state index contributed by atoms with van der Waals surface area (Å²) in [7, 11) is 3.20. The molecule has 0 aliphatic heterocycles. The van der Waals surface area contributed by atoms with Gasteiger partial charge in [-0.05, 0) is 43.2 Å². The second-order valence-corrected chi connectivity index (χ2v) is 8.67. The zero-order valence-electron chi connectivity index (χ0n) is 19.6. The van der Waals surface area contributed by atoms with Crippen LogP contribution in [0.15, 0.2) is 47.3 Å². The highest BCUT2D eigenvalue weighted by Gasteiger charge is 2.30. The van der Waals surface area contributed by atoms with Crippen molar-refractivity contribution >= 4 is 40.0 Å². The van der Waals surface area contributed by atoms with Gasteiger partial charge in [-0.25, -0.2) is 4.98 Å². The van der Waals surface area contributed by atoms with Crippen molar-refractivity contribution in [1.82, 2.24) is 14.5 Å². The van der Waals surface area contributed by atoms with Gasteiger partial charge < -0.3 is 14.4 Å². The van der Waals surface area contributed by atoms with Gasteiger partial charge in [-0.15, -0.1) is 0 Å². The summed E-state index contributed by atoms with van der Waals surface area (Å²) < 4.78 is 12.1. The lowest BCUT2D eigenvalue weighted by molar-refractivity contribution is 0.0629. The molecular weight excluding hydrogens is 477 g/mol. The van der Waals surface area contributed by atoms with Crippen molar-refractivity contribution in [3.05, 3.63) is 74.3 Å². The Morgan fingerprint density at radius 2 is 1.85 bits per heavy atom. The molecule has 1 atom stereocenters. The molecule has 3 rings (SSSR count). The number of amides is 1. The molecule has 0 radical (unpaired) electrons. The molecule has 0 aliphatic carbocycles. The molecule has 0 N–H and O–H groups in total. The Labute approximate surface area is 209 Å². The zero-order chi connectivity index (χ0) is 24.7. The lowest BCUT2D eigenvalue weighted by Gasteiger charge is -2.32. The fourth-order valence-electron chi connectivity index (χ4n) is 3.98. The van der Waals surface area contributed by atoms with Crippen molar-refractivity contribution in [3.63, 3.8) is 0 Å². The predicted octanol–water partition coefficient (Wildman–Crippen LogP) is 4.98. The standard InChI is InChI=1S/C25H29Cl2N3O4/c1-4-22(23-28-21-9-6-5-8-19(21)25(32)30(23)13-15-34-3)29(12-7-14-33-2)24(31)18-11-10-17(26)16-20(18)27/h5-6,8-11,16,22H,4,7,12-15H2,1-3H3. The van der Waals surface area contributed by atoms with Gasteiger partial charge in [0.05, 0.1) is 40.7 Å². The van der Waals surface area contributed by atoms with E-state index in [0.29, 0.717) is 66.5 Å². The Balaban J connectivity index is 2.15. The Bertz CT molecular complexity index is 1200. The molecule has 1 aromatic heterocycles. The van der Waals surface area contributed by atoms with E-state index >= 15 is 0 Å². The van der Waals surface area contributed by atoms with Crippen LogP contribution in [-0.2, 0) is 16.0 Å². The minimum absolute atomic E-state index is 0.162. The molecular formula is C25H29Cl2N3O4. The molecule has 0 aliphatic rings. The smallest absolute Gasteiger partial charge is 0.261 e. The lowest BCUT2D eigenvalue weighted by Crippen LogP contribution is -2.40. The number of rotatable bonds is 11. The molecule has 34 heavy (non-hydrogen) atoms. The molecule has 0 fully saturated rings. The number of carbonyl (C=O) groups excluding carboxylic acids is 1. The van der Waals surface area contributed by atoms with E-state index in [1.54, 1.807) is 54.0 Å². The SMILES string of the molecule is CCC(c1nc2ccccc2c(=O)n1CCOC)N(CCCOC)C(=O)c1ccc(Cl)cc1Cl. The normalized spacial score (nSPS) is 12.1. The summed E-state index contributed by atoms with van der Waals surface area (Å²) >= 11 is 12.4. The van der Waals surface area contributed by atoms with Crippen molar-refractivity contribution in [2.24, 2.45) is 0 Å².